The second-order valence-corrected chi connectivity index (χ2v) is 7.78. The van der Waals surface area contributed by atoms with E-state index in [4.69, 9.17) is 5.11 Å². The van der Waals surface area contributed by atoms with Crippen molar-refractivity contribution in [2.24, 2.45) is 5.92 Å². The van der Waals surface area contributed by atoms with Crippen molar-refractivity contribution < 1.29 is 23.1 Å². The van der Waals surface area contributed by atoms with Crippen LogP contribution in [0.3, 0.4) is 0 Å². The molecule has 1 saturated heterocycles. The van der Waals surface area contributed by atoms with Gasteiger partial charge < -0.3 is 10.0 Å². The molecule has 126 valence electrons. The lowest BCUT2D eigenvalue weighted by molar-refractivity contribution is -0.127. The lowest BCUT2D eigenvalue weighted by atomic mass is 10.1. The van der Waals surface area contributed by atoms with E-state index in [9.17, 15) is 18.0 Å². The van der Waals surface area contributed by atoms with Crippen molar-refractivity contribution >= 4 is 21.9 Å². The highest BCUT2D eigenvalue weighted by Crippen LogP contribution is 2.21. The number of rotatable bonds is 5. The smallest absolute Gasteiger partial charge is 0.335 e. The zero-order chi connectivity index (χ0) is 17.2. The van der Waals surface area contributed by atoms with E-state index in [1.165, 1.54) is 42.5 Å². The third-order valence-electron chi connectivity index (χ3n) is 4.06. The van der Waals surface area contributed by atoms with Crippen LogP contribution in [-0.2, 0) is 14.8 Å². The molecule has 1 amide bonds. The third-order valence-corrected chi connectivity index (χ3v) is 5.89. The average Bonchev–Trinajstić information content (AvgIpc) is 2.96. The molecule has 0 aliphatic carbocycles. The number of carboxylic acid groups (broad SMARTS) is 1. The lowest BCUT2D eigenvalue weighted by Crippen LogP contribution is -2.34. The number of nitrogens with zero attached hydrogens (tertiary/aromatic N) is 2. The molecule has 1 unspecified atom stereocenters. The summed E-state index contributed by atoms with van der Waals surface area (Å²) in [7, 11) is -2.17. The minimum Gasteiger partial charge on any atom is -0.478 e. The van der Waals surface area contributed by atoms with Crippen molar-refractivity contribution in [2.75, 3.05) is 26.7 Å². The fourth-order valence-electron chi connectivity index (χ4n) is 2.68. The van der Waals surface area contributed by atoms with Gasteiger partial charge in [-0.1, -0.05) is 0 Å². The van der Waals surface area contributed by atoms with Crippen molar-refractivity contribution in [1.29, 1.82) is 0 Å². The van der Waals surface area contributed by atoms with E-state index in [0.29, 0.717) is 19.6 Å². The maximum absolute atomic E-state index is 12.5. The molecule has 0 radical (unpaired) electrons. The van der Waals surface area contributed by atoms with E-state index < -0.39 is 16.0 Å². The number of carboxylic acids is 1. The van der Waals surface area contributed by atoms with Crippen molar-refractivity contribution in [1.82, 2.24) is 9.21 Å². The van der Waals surface area contributed by atoms with E-state index in [1.54, 1.807) is 4.90 Å². The molecule has 0 spiro atoms. The summed E-state index contributed by atoms with van der Waals surface area (Å²) in [5.41, 5.74) is 0.0412. The Hall–Kier alpha value is -1.93. The largest absolute Gasteiger partial charge is 0.478 e. The molecule has 0 aromatic heterocycles. The Bertz CT molecular complexity index is 699. The molecule has 1 aromatic rings. The van der Waals surface area contributed by atoms with E-state index in [0.717, 1.165) is 6.42 Å². The first-order valence-corrected chi connectivity index (χ1v) is 8.71. The zero-order valence-electron chi connectivity index (χ0n) is 13.1. The fourth-order valence-corrected chi connectivity index (χ4v) is 3.93. The first-order chi connectivity index (χ1) is 10.7. The Balaban J connectivity index is 2.07. The maximum Gasteiger partial charge on any atom is 0.335 e. The first kappa shape index (κ1) is 17.4. The van der Waals surface area contributed by atoms with E-state index in [2.05, 4.69) is 0 Å². The highest BCUT2D eigenvalue weighted by atomic mass is 32.2. The molecule has 0 saturated carbocycles. The van der Waals surface area contributed by atoms with Crippen molar-refractivity contribution in [3.05, 3.63) is 29.8 Å². The number of hydrogen-bond donors (Lipinski definition) is 1. The Morgan fingerprint density at radius 2 is 1.91 bits per heavy atom. The standard InChI is InChI=1S/C15H20N2O5S/c1-11(18)17-8-7-12(10-17)9-16(2)23(21,22)14-5-3-13(4-6-14)15(19)20/h3-6,12H,7-10H2,1-2H3,(H,19,20). The quantitative estimate of drug-likeness (QED) is 0.858. The van der Waals surface area contributed by atoms with Crippen molar-refractivity contribution in [3.8, 4) is 0 Å². The molecule has 1 aliphatic rings. The van der Waals surface area contributed by atoms with Gasteiger partial charge in [0.25, 0.3) is 0 Å². The van der Waals surface area contributed by atoms with Crippen LogP contribution in [0.15, 0.2) is 29.2 Å². The molecule has 1 aromatic carbocycles. The molecule has 23 heavy (non-hydrogen) atoms. The number of carbonyl (C=O) groups excluding carboxylic acids is 1. The van der Waals surface area contributed by atoms with Gasteiger partial charge in [-0.05, 0) is 36.6 Å². The molecule has 1 fully saturated rings. The van der Waals surface area contributed by atoms with Gasteiger partial charge in [-0.15, -0.1) is 0 Å². The topological polar surface area (TPSA) is 95.0 Å². The first-order valence-electron chi connectivity index (χ1n) is 7.27. The molecule has 8 heteroatoms. The van der Waals surface area contributed by atoms with Crippen LogP contribution in [0.1, 0.15) is 23.7 Å². The third kappa shape index (κ3) is 3.89. The molecule has 1 atom stereocenters. The highest BCUT2D eigenvalue weighted by Gasteiger charge is 2.29. The van der Waals surface area contributed by atoms with Crippen LogP contribution >= 0.6 is 0 Å². The zero-order valence-corrected chi connectivity index (χ0v) is 13.9. The summed E-state index contributed by atoms with van der Waals surface area (Å²) in [6.07, 6.45) is 0.775. The fraction of sp³-hybridized carbons (Fsp3) is 0.467. The SMILES string of the molecule is CC(=O)N1CCC(CN(C)S(=O)(=O)c2ccc(C(=O)O)cc2)C1. The molecule has 1 heterocycles. The lowest BCUT2D eigenvalue weighted by Gasteiger charge is -2.21. The average molecular weight is 340 g/mol. The number of aromatic carboxylic acids is 1. The summed E-state index contributed by atoms with van der Waals surface area (Å²) in [5.74, 6) is -0.989. The normalized spacial score (nSPS) is 18.4. The van der Waals surface area contributed by atoms with Gasteiger partial charge in [-0.2, -0.15) is 0 Å². The Morgan fingerprint density at radius 1 is 1.30 bits per heavy atom. The Morgan fingerprint density at radius 3 is 2.39 bits per heavy atom. The van der Waals surface area contributed by atoms with Gasteiger partial charge in [0.05, 0.1) is 10.5 Å². The van der Waals surface area contributed by atoms with Gasteiger partial charge in [0.15, 0.2) is 0 Å². The number of likely N-dealkylation sites (tertiary alicyclic amines) is 1. The van der Waals surface area contributed by atoms with Crippen LogP contribution in [0.25, 0.3) is 0 Å². The molecule has 2 rings (SSSR count). The predicted molar refractivity (Wildman–Crippen MR) is 83.6 cm³/mol. The second-order valence-electron chi connectivity index (χ2n) is 5.73. The molecule has 1 aliphatic heterocycles. The van der Waals surface area contributed by atoms with Crippen LogP contribution in [0, 0.1) is 5.92 Å². The molecule has 0 bridgehead atoms. The number of carbonyl (C=O) groups is 2. The molecular formula is C15H20N2O5S. The minimum absolute atomic E-state index is 0.00210. The number of amides is 1. The van der Waals surface area contributed by atoms with Crippen LogP contribution in [0.2, 0.25) is 0 Å². The minimum atomic E-state index is -3.67. The van der Waals surface area contributed by atoms with E-state index >= 15 is 0 Å². The summed E-state index contributed by atoms with van der Waals surface area (Å²) in [4.78, 5) is 23.9. The molecule has 1 N–H and O–H groups in total. The van der Waals surface area contributed by atoms with Gasteiger partial charge >= 0.3 is 5.97 Å². The van der Waals surface area contributed by atoms with E-state index in [1.807, 2.05) is 0 Å². The summed E-state index contributed by atoms with van der Waals surface area (Å²) in [5, 5.41) is 8.86. The van der Waals surface area contributed by atoms with Gasteiger partial charge in [0, 0.05) is 33.6 Å². The predicted octanol–water partition coefficient (Wildman–Crippen LogP) is 0.874. The number of hydrogen-bond acceptors (Lipinski definition) is 4. The van der Waals surface area contributed by atoms with Crippen LogP contribution < -0.4 is 0 Å². The van der Waals surface area contributed by atoms with Crippen LogP contribution in [0.5, 0.6) is 0 Å². The molecular weight excluding hydrogens is 320 g/mol. The van der Waals surface area contributed by atoms with Crippen molar-refractivity contribution in [3.63, 3.8) is 0 Å². The van der Waals surface area contributed by atoms with Crippen LogP contribution in [0.4, 0.5) is 0 Å². The number of sulfonamides is 1. The van der Waals surface area contributed by atoms with Gasteiger partial charge in [0.1, 0.15) is 0 Å². The Kier molecular flexibility index (Phi) is 5.06. The summed E-state index contributed by atoms with van der Waals surface area (Å²) in [6, 6.07) is 5.14. The monoisotopic (exact) mass is 340 g/mol. The second kappa shape index (κ2) is 6.67. The van der Waals surface area contributed by atoms with Gasteiger partial charge in [-0.3, -0.25) is 4.79 Å². The van der Waals surface area contributed by atoms with Gasteiger partial charge in [0.2, 0.25) is 15.9 Å². The van der Waals surface area contributed by atoms with Crippen LogP contribution in [-0.4, -0.2) is 61.3 Å². The Labute approximate surface area is 135 Å². The highest BCUT2D eigenvalue weighted by molar-refractivity contribution is 7.89. The van der Waals surface area contributed by atoms with Crippen molar-refractivity contribution in [2.45, 2.75) is 18.2 Å². The van der Waals surface area contributed by atoms with Gasteiger partial charge in [-0.25, -0.2) is 17.5 Å². The number of benzene rings is 1. The maximum atomic E-state index is 12.5. The van der Waals surface area contributed by atoms with E-state index in [-0.39, 0.29) is 22.3 Å². The summed E-state index contributed by atoms with van der Waals surface area (Å²) in [6.45, 7) is 3.05. The summed E-state index contributed by atoms with van der Waals surface area (Å²) < 4.78 is 26.3. The molecule has 7 nitrogen and oxygen atoms in total. The summed E-state index contributed by atoms with van der Waals surface area (Å²) >= 11 is 0.